The van der Waals surface area contributed by atoms with Gasteiger partial charge in [0.2, 0.25) is 0 Å². The van der Waals surface area contributed by atoms with E-state index in [4.69, 9.17) is 18.9 Å². The van der Waals surface area contributed by atoms with Crippen LogP contribution in [0.5, 0.6) is 0 Å². The Morgan fingerprint density at radius 3 is 1.76 bits per heavy atom. The molecule has 1 unspecified atom stereocenters. The topological polar surface area (TPSA) is 36.9 Å². The highest BCUT2D eigenvalue weighted by Gasteiger charge is 2.38. The third kappa shape index (κ3) is 6.83. The lowest BCUT2D eigenvalue weighted by atomic mass is 9.95. The second-order valence-electron chi connectivity index (χ2n) is 6.71. The molecule has 2 aliphatic rings. The van der Waals surface area contributed by atoms with Gasteiger partial charge in [-0.1, -0.05) is 31.9 Å². The molecular formula is C15H28Br2O4. The molecule has 0 radical (unpaired) electrons. The van der Waals surface area contributed by atoms with E-state index in [0.29, 0.717) is 6.10 Å². The average molecular weight is 432 g/mol. The number of alkyl halides is 2. The summed E-state index contributed by atoms with van der Waals surface area (Å²) in [6.45, 7) is 12.2. The van der Waals surface area contributed by atoms with Crippen LogP contribution in [-0.4, -0.2) is 48.2 Å². The molecule has 0 N–H and O–H groups in total. The summed E-state index contributed by atoms with van der Waals surface area (Å²) in [6, 6.07) is 0. The van der Waals surface area contributed by atoms with Gasteiger partial charge in [-0.2, -0.15) is 0 Å². The zero-order valence-corrected chi connectivity index (χ0v) is 16.9. The molecule has 0 spiro atoms. The smallest absolute Gasteiger partial charge is 0.163 e. The van der Waals surface area contributed by atoms with Crippen LogP contribution in [0.1, 0.15) is 41.0 Å². The van der Waals surface area contributed by atoms with Crippen molar-refractivity contribution in [1.82, 2.24) is 0 Å². The van der Waals surface area contributed by atoms with E-state index in [1.54, 1.807) is 0 Å². The summed E-state index contributed by atoms with van der Waals surface area (Å²) in [5, 5.41) is 1.81. The molecule has 126 valence electrons. The molecular weight excluding hydrogens is 404 g/mol. The predicted molar refractivity (Wildman–Crippen MR) is 91.2 cm³/mol. The van der Waals surface area contributed by atoms with E-state index in [9.17, 15) is 0 Å². The van der Waals surface area contributed by atoms with Gasteiger partial charge in [-0.15, -0.1) is 0 Å². The molecule has 2 rings (SSSR count). The lowest BCUT2D eigenvalue weighted by molar-refractivity contribution is -0.276. The minimum absolute atomic E-state index is 0.107. The summed E-state index contributed by atoms with van der Waals surface area (Å²) in [5.41, 5.74) is 0.107. The SMILES string of the molecule is CC1(C)OCC(CBr)(CBr)CO1.CC1CCOC(C)(C)O1. The fourth-order valence-electron chi connectivity index (χ4n) is 1.98. The molecule has 1 atom stereocenters. The van der Waals surface area contributed by atoms with Gasteiger partial charge in [0.15, 0.2) is 11.6 Å². The molecule has 21 heavy (non-hydrogen) atoms. The fourth-order valence-corrected chi connectivity index (χ4v) is 3.55. The largest absolute Gasteiger partial charge is 0.350 e. The highest BCUT2D eigenvalue weighted by atomic mass is 79.9. The van der Waals surface area contributed by atoms with E-state index in [2.05, 4.69) is 38.8 Å². The van der Waals surface area contributed by atoms with E-state index in [1.807, 2.05) is 27.7 Å². The van der Waals surface area contributed by atoms with Crippen molar-refractivity contribution >= 4 is 31.9 Å². The lowest BCUT2D eigenvalue weighted by Crippen LogP contribution is -2.48. The second-order valence-corrected chi connectivity index (χ2v) is 7.83. The Hall–Kier alpha value is 0.800. The average Bonchev–Trinajstić information content (AvgIpc) is 2.39. The van der Waals surface area contributed by atoms with Crippen molar-refractivity contribution < 1.29 is 18.9 Å². The van der Waals surface area contributed by atoms with E-state index in [-0.39, 0.29) is 11.2 Å². The van der Waals surface area contributed by atoms with Crippen LogP contribution >= 0.6 is 31.9 Å². The van der Waals surface area contributed by atoms with Crippen LogP contribution in [0, 0.1) is 5.41 Å². The molecule has 0 aromatic heterocycles. The number of rotatable bonds is 2. The quantitative estimate of drug-likeness (QED) is 0.617. The zero-order chi connectivity index (χ0) is 16.1. The molecule has 0 aromatic rings. The second kappa shape index (κ2) is 8.06. The molecule has 0 bridgehead atoms. The van der Waals surface area contributed by atoms with Crippen LogP contribution in [0.2, 0.25) is 0 Å². The normalized spacial score (nSPS) is 30.1. The van der Waals surface area contributed by atoms with Crippen molar-refractivity contribution in [3.63, 3.8) is 0 Å². The predicted octanol–water partition coefficient (Wildman–Crippen LogP) is 4.09. The van der Waals surface area contributed by atoms with Crippen LogP contribution in [0.3, 0.4) is 0 Å². The maximum Gasteiger partial charge on any atom is 0.163 e. The molecule has 0 aliphatic carbocycles. The zero-order valence-electron chi connectivity index (χ0n) is 13.7. The van der Waals surface area contributed by atoms with Crippen LogP contribution in [-0.2, 0) is 18.9 Å². The van der Waals surface area contributed by atoms with Gasteiger partial charge in [0.1, 0.15) is 0 Å². The summed E-state index contributed by atoms with van der Waals surface area (Å²) in [4.78, 5) is 0. The van der Waals surface area contributed by atoms with Crippen molar-refractivity contribution in [1.29, 1.82) is 0 Å². The first-order valence-corrected chi connectivity index (χ1v) is 9.60. The summed E-state index contributed by atoms with van der Waals surface area (Å²) >= 11 is 6.95. The minimum Gasteiger partial charge on any atom is -0.350 e. The summed E-state index contributed by atoms with van der Waals surface area (Å²) in [6.07, 6.45) is 1.37. The van der Waals surface area contributed by atoms with E-state index in [0.717, 1.165) is 36.9 Å². The summed E-state index contributed by atoms with van der Waals surface area (Å²) in [7, 11) is 0. The van der Waals surface area contributed by atoms with Gasteiger partial charge < -0.3 is 18.9 Å². The Labute approximate surface area is 145 Å². The maximum absolute atomic E-state index is 5.58. The highest BCUT2D eigenvalue weighted by molar-refractivity contribution is 9.09. The van der Waals surface area contributed by atoms with Crippen molar-refractivity contribution in [3.8, 4) is 0 Å². The number of ether oxygens (including phenoxy) is 4. The third-order valence-electron chi connectivity index (χ3n) is 3.48. The standard InChI is InChI=1S/C8H14Br2O2.C7H14O2/c1-7(2)11-5-8(3-9,4-10)6-12-7;1-6-4-5-8-7(2,3)9-6/h3-6H2,1-2H3;6H,4-5H2,1-3H3. The van der Waals surface area contributed by atoms with Crippen LogP contribution in [0.25, 0.3) is 0 Å². The Kier molecular flexibility index (Phi) is 7.62. The molecule has 0 aromatic carbocycles. The van der Waals surface area contributed by atoms with Crippen molar-refractivity contribution in [2.24, 2.45) is 5.41 Å². The van der Waals surface area contributed by atoms with Crippen LogP contribution in [0.15, 0.2) is 0 Å². The molecule has 4 nitrogen and oxygen atoms in total. The van der Waals surface area contributed by atoms with Crippen molar-refractivity contribution in [3.05, 3.63) is 0 Å². The van der Waals surface area contributed by atoms with Gasteiger partial charge in [-0.05, 0) is 41.0 Å². The first kappa shape index (κ1) is 19.8. The van der Waals surface area contributed by atoms with Crippen LogP contribution in [0.4, 0.5) is 0 Å². The Bertz CT molecular complexity index is 305. The number of halogens is 2. The molecule has 2 saturated heterocycles. The number of hydrogen-bond donors (Lipinski definition) is 0. The van der Waals surface area contributed by atoms with Gasteiger partial charge in [-0.3, -0.25) is 0 Å². The van der Waals surface area contributed by atoms with Gasteiger partial charge in [0.05, 0.1) is 25.9 Å². The van der Waals surface area contributed by atoms with E-state index >= 15 is 0 Å². The van der Waals surface area contributed by atoms with Gasteiger partial charge >= 0.3 is 0 Å². The van der Waals surface area contributed by atoms with E-state index in [1.165, 1.54) is 0 Å². The number of hydrogen-bond acceptors (Lipinski definition) is 4. The molecule has 6 heteroatoms. The minimum atomic E-state index is -0.409. The van der Waals surface area contributed by atoms with Crippen LogP contribution < -0.4 is 0 Å². The van der Waals surface area contributed by atoms with Crippen molar-refractivity contribution in [2.45, 2.75) is 58.7 Å². The molecule has 2 fully saturated rings. The van der Waals surface area contributed by atoms with Crippen molar-refractivity contribution in [2.75, 3.05) is 30.5 Å². The molecule has 0 amide bonds. The summed E-state index contributed by atoms with van der Waals surface area (Å²) in [5.74, 6) is -0.758. The summed E-state index contributed by atoms with van der Waals surface area (Å²) < 4.78 is 21.9. The van der Waals surface area contributed by atoms with Gasteiger partial charge in [0.25, 0.3) is 0 Å². The third-order valence-corrected chi connectivity index (χ3v) is 5.86. The highest BCUT2D eigenvalue weighted by Crippen LogP contribution is 2.32. The Balaban J connectivity index is 0.000000219. The monoisotopic (exact) mass is 430 g/mol. The first-order valence-electron chi connectivity index (χ1n) is 7.35. The Morgan fingerprint density at radius 1 is 0.905 bits per heavy atom. The van der Waals surface area contributed by atoms with E-state index < -0.39 is 5.79 Å². The fraction of sp³-hybridized carbons (Fsp3) is 1.00. The van der Waals surface area contributed by atoms with Gasteiger partial charge in [0, 0.05) is 16.1 Å². The lowest BCUT2D eigenvalue weighted by Gasteiger charge is -2.41. The Morgan fingerprint density at radius 2 is 1.43 bits per heavy atom. The van der Waals surface area contributed by atoms with Gasteiger partial charge in [-0.25, -0.2) is 0 Å². The maximum atomic E-state index is 5.58. The molecule has 0 saturated carbocycles. The molecule has 2 aliphatic heterocycles. The first-order chi connectivity index (χ1) is 9.64. The molecule has 2 heterocycles.